The Morgan fingerprint density at radius 3 is 2.64 bits per heavy atom. The maximum Gasteiger partial charge on any atom is 0.316 e. The van der Waals surface area contributed by atoms with Crippen LogP contribution in [-0.4, -0.2) is 57.9 Å². The highest BCUT2D eigenvalue weighted by atomic mass is 16.5. The van der Waals surface area contributed by atoms with Gasteiger partial charge in [0.1, 0.15) is 0 Å². The third kappa shape index (κ3) is 3.84. The molecule has 0 unspecified atom stereocenters. The van der Waals surface area contributed by atoms with E-state index in [1.165, 1.54) is 7.11 Å². The largest absolute Gasteiger partial charge is 0.467 e. The number of nitrogens with one attached hydrogen (secondary N) is 2. The Hall–Kier alpha value is -3.72. The highest BCUT2D eigenvalue weighted by Gasteiger charge is 2.25. The number of anilines is 2. The molecule has 0 radical (unpaired) electrons. The molecule has 0 spiro atoms. The van der Waals surface area contributed by atoms with Gasteiger partial charge < -0.3 is 20.3 Å². The Morgan fingerprint density at radius 2 is 1.88 bits per heavy atom. The summed E-state index contributed by atoms with van der Waals surface area (Å²) in [6.45, 7) is 6.06. The lowest BCUT2D eigenvalue weighted by Gasteiger charge is -2.38. The van der Waals surface area contributed by atoms with Gasteiger partial charge in [0.2, 0.25) is 0 Å². The number of rotatable bonds is 4. The minimum Gasteiger partial charge on any atom is -0.467 e. The van der Waals surface area contributed by atoms with E-state index >= 15 is 0 Å². The lowest BCUT2D eigenvalue weighted by atomic mass is 10.0. The molecule has 5 rings (SSSR count). The number of nitrogens with zero attached hydrogens (tertiary/aromatic N) is 5. The molecule has 2 atom stereocenters. The van der Waals surface area contributed by atoms with Crippen molar-refractivity contribution in [2.75, 3.05) is 30.4 Å². The number of aryl methyl sites for hydroxylation is 1. The van der Waals surface area contributed by atoms with Gasteiger partial charge in [0.05, 0.1) is 23.7 Å². The standard InChI is InChI=1S/C24H27N7O2/c1-14-12-31(13-15(2)26-14)20-10-9-17(21-18(20)11-25-24(27-21)33-4)23(32)28-22-16-7-5-6-8-19(16)30(3)29-22/h5-11,14-15,26H,12-13H2,1-4H3,(H,28,29,32)/t14-,15+. The number of amides is 1. The van der Waals surface area contributed by atoms with Gasteiger partial charge in [-0.3, -0.25) is 9.48 Å². The number of hydrogen-bond acceptors (Lipinski definition) is 7. The second-order valence-corrected chi connectivity index (χ2v) is 8.57. The number of ether oxygens (including phenoxy) is 1. The number of carbonyl (C=O) groups excluding carboxylic acids is 1. The number of fused-ring (bicyclic) bond motifs is 2. The molecule has 2 aromatic carbocycles. The summed E-state index contributed by atoms with van der Waals surface area (Å²) in [6.07, 6.45) is 1.74. The Balaban J connectivity index is 1.57. The molecule has 9 nitrogen and oxygen atoms in total. The number of carbonyl (C=O) groups is 1. The van der Waals surface area contributed by atoms with Gasteiger partial charge in [0.25, 0.3) is 5.91 Å². The fraction of sp³-hybridized carbons (Fsp3) is 0.333. The van der Waals surface area contributed by atoms with E-state index in [0.29, 0.717) is 29.0 Å². The number of aromatic nitrogens is 4. The summed E-state index contributed by atoms with van der Waals surface area (Å²) in [7, 11) is 3.38. The van der Waals surface area contributed by atoms with Crippen LogP contribution in [0.15, 0.2) is 42.6 Å². The minimum atomic E-state index is -0.279. The molecule has 0 bridgehead atoms. The summed E-state index contributed by atoms with van der Waals surface area (Å²) in [5.74, 6) is 0.235. The molecule has 1 amide bonds. The first-order valence-electron chi connectivity index (χ1n) is 11.0. The van der Waals surface area contributed by atoms with Crippen LogP contribution in [0.1, 0.15) is 24.2 Å². The van der Waals surface area contributed by atoms with Crippen molar-refractivity contribution in [1.29, 1.82) is 0 Å². The molecule has 2 aromatic heterocycles. The molecule has 0 aliphatic carbocycles. The molecule has 4 aromatic rings. The van der Waals surface area contributed by atoms with E-state index in [9.17, 15) is 4.79 Å². The van der Waals surface area contributed by atoms with Gasteiger partial charge in [-0.05, 0) is 38.1 Å². The Bertz CT molecular complexity index is 1340. The summed E-state index contributed by atoms with van der Waals surface area (Å²) in [4.78, 5) is 24.6. The molecule has 2 N–H and O–H groups in total. The lowest BCUT2D eigenvalue weighted by Crippen LogP contribution is -2.54. The topological polar surface area (TPSA) is 97.2 Å². The van der Waals surface area contributed by atoms with Gasteiger partial charge in [-0.1, -0.05) is 12.1 Å². The predicted molar refractivity (Wildman–Crippen MR) is 129 cm³/mol. The van der Waals surface area contributed by atoms with Gasteiger partial charge in [-0.25, -0.2) is 4.98 Å². The first-order valence-corrected chi connectivity index (χ1v) is 11.0. The van der Waals surface area contributed by atoms with Crippen LogP contribution in [0.5, 0.6) is 6.01 Å². The van der Waals surface area contributed by atoms with E-state index in [-0.39, 0.29) is 11.9 Å². The number of para-hydroxylation sites is 1. The second-order valence-electron chi connectivity index (χ2n) is 8.57. The highest BCUT2D eigenvalue weighted by Crippen LogP contribution is 2.31. The van der Waals surface area contributed by atoms with Crippen molar-refractivity contribution in [2.45, 2.75) is 25.9 Å². The fourth-order valence-electron chi connectivity index (χ4n) is 4.65. The Morgan fingerprint density at radius 1 is 1.12 bits per heavy atom. The summed E-state index contributed by atoms with van der Waals surface area (Å²) in [5, 5.41) is 12.7. The van der Waals surface area contributed by atoms with Crippen LogP contribution in [0, 0.1) is 0 Å². The van der Waals surface area contributed by atoms with Crippen molar-refractivity contribution in [3.05, 3.63) is 48.2 Å². The van der Waals surface area contributed by atoms with E-state index in [0.717, 1.165) is 35.1 Å². The van der Waals surface area contributed by atoms with Crippen molar-refractivity contribution in [2.24, 2.45) is 7.05 Å². The minimum absolute atomic E-state index is 0.221. The van der Waals surface area contributed by atoms with Crippen molar-refractivity contribution in [3.8, 4) is 6.01 Å². The zero-order valence-electron chi connectivity index (χ0n) is 19.2. The van der Waals surface area contributed by atoms with Crippen molar-refractivity contribution < 1.29 is 9.53 Å². The molecule has 1 fully saturated rings. The monoisotopic (exact) mass is 445 g/mol. The molecule has 9 heteroatoms. The van der Waals surface area contributed by atoms with Gasteiger partial charge in [0.15, 0.2) is 5.82 Å². The first kappa shape index (κ1) is 21.1. The van der Waals surface area contributed by atoms with Crippen LogP contribution < -0.4 is 20.3 Å². The van der Waals surface area contributed by atoms with Gasteiger partial charge >= 0.3 is 6.01 Å². The Kier molecular flexibility index (Phi) is 5.33. The molecule has 33 heavy (non-hydrogen) atoms. The van der Waals surface area contributed by atoms with E-state index < -0.39 is 0 Å². The van der Waals surface area contributed by atoms with E-state index in [4.69, 9.17) is 4.74 Å². The maximum atomic E-state index is 13.4. The van der Waals surface area contributed by atoms with Crippen LogP contribution in [0.4, 0.5) is 11.5 Å². The smallest absolute Gasteiger partial charge is 0.316 e. The van der Waals surface area contributed by atoms with Gasteiger partial charge in [-0.2, -0.15) is 10.1 Å². The fourth-order valence-corrected chi connectivity index (χ4v) is 4.65. The van der Waals surface area contributed by atoms with Crippen molar-refractivity contribution in [1.82, 2.24) is 25.1 Å². The van der Waals surface area contributed by atoms with Crippen molar-refractivity contribution in [3.63, 3.8) is 0 Å². The zero-order valence-corrected chi connectivity index (χ0v) is 19.2. The van der Waals surface area contributed by atoms with Crippen LogP contribution in [-0.2, 0) is 7.05 Å². The van der Waals surface area contributed by atoms with Gasteiger partial charge in [-0.15, -0.1) is 0 Å². The summed E-state index contributed by atoms with van der Waals surface area (Å²) in [5.41, 5.74) is 2.95. The van der Waals surface area contributed by atoms with Crippen LogP contribution in [0.2, 0.25) is 0 Å². The third-order valence-electron chi connectivity index (χ3n) is 6.02. The second kappa shape index (κ2) is 8.32. The van der Waals surface area contributed by atoms with Crippen LogP contribution in [0.25, 0.3) is 21.8 Å². The van der Waals surface area contributed by atoms with Crippen molar-refractivity contribution >= 4 is 39.2 Å². The number of hydrogen-bond donors (Lipinski definition) is 2. The summed E-state index contributed by atoms with van der Waals surface area (Å²) >= 11 is 0. The van der Waals surface area contributed by atoms with Crippen LogP contribution >= 0.6 is 0 Å². The molecular formula is C24H27N7O2. The molecule has 1 aliphatic rings. The third-order valence-corrected chi connectivity index (χ3v) is 6.02. The highest BCUT2D eigenvalue weighted by molar-refractivity contribution is 6.15. The van der Waals surface area contributed by atoms with E-state index in [1.807, 2.05) is 43.4 Å². The molecular weight excluding hydrogens is 418 g/mol. The number of methoxy groups -OCH3 is 1. The maximum absolute atomic E-state index is 13.4. The van der Waals surface area contributed by atoms with E-state index in [1.54, 1.807) is 10.9 Å². The number of piperazine rings is 1. The average molecular weight is 446 g/mol. The van der Waals surface area contributed by atoms with Crippen LogP contribution in [0.3, 0.4) is 0 Å². The SMILES string of the molecule is COc1ncc2c(N3C[C@@H](C)N[C@@H](C)C3)ccc(C(=O)Nc3nn(C)c4ccccc34)c2n1. The van der Waals surface area contributed by atoms with Gasteiger partial charge in [0, 0.05) is 54.9 Å². The molecule has 1 aliphatic heterocycles. The Labute approximate surface area is 191 Å². The summed E-state index contributed by atoms with van der Waals surface area (Å²) < 4.78 is 7.02. The molecule has 0 saturated carbocycles. The normalized spacial score (nSPS) is 18.6. The average Bonchev–Trinajstić information content (AvgIpc) is 3.12. The molecule has 3 heterocycles. The lowest BCUT2D eigenvalue weighted by molar-refractivity contribution is 0.102. The summed E-state index contributed by atoms with van der Waals surface area (Å²) in [6, 6.07) is 12.5. The quantitative estimate of drug-likeness (QED) is 0.498. The van der Waals surface area contributed by atoms with E-state index in [2.05, 4.69) is 44.4 Å². The zero-order chi connectivity index (χ0) is 23.1. The number of benzene rings is 2. The predicted octanol–water partition coefficient (Wildman–Crippen LogP) is 2.96. The first-order chi connectivity index (χ1) is 15.9. The molecule has 170 valence electrons. The molecule has 1 saturated heterocycles.